The van der Waals surface area contributed by atoms with Gasteiger partial charge in [0, 0.05) is 88.5 Å². The molecule has 6 heterocycles. The van der Waals surface area contributed by atoms with Crippen molar-refractivity contribution in [1.29, 1.82) is 0 Å². The van der Waals surface area contributed by atoms with E-state index < -0.39 is 0 Å². The third kappa shape index (κ3) is 28.3. The third-order valence-electron chi connectivity index (χ3n) is 20.9. The van der Waals surface area contributed by atoms with Crippen molar-refractivity contribution < 1.29 is 33.8 Å². The zero-order chi connectivity index (χ0) is 97.0. The van der Waals surface area contributed by atoms with E-state index in [4.69, 9.17) is 33.8 Å². The Balaban J connectivity index is 0.000000197. The minimum Gasteiger partial charge on any atom is -0.482 e. The molecule has 1 aliphatic carbocycles. The van der Waals surface area contributed by atoms with Crippen LogP contribution in [0.1, 0.15) is 203 Å². The lowest BCUT2D eigenvalue weighted by Gasteiger charge is -2.12. The van der Waals surface area contributed by atoms with Gasteiger partial charge in [0.25, 0.3) is 0 Å². The Morgan fingerprint density at radius 2 is 0.571 bits per heavy atom. The molecular formula is C89H122N30O13S. The largest absolute Gasteiger partial charge is 0.482 e. The standard InChI is InChI=1S/C16H21N5O2.C16H23N5O2.C15H21N5O2.C14H19N5O3.C14H19N5O2S.C14H19N5O2/c1-4-12-6-5-7-15(21-16(22)20(3)18-19-21)14(12)10-23-17-11(2)13-8-9-13;1-5-8-12(3)17-23-11-14-13(6-2)9-7-10-15(14)21-16(22)20(4)18-19-21;1-5-11(3)16-22-10-13-12(6-2)8-7-9-14(13)20-15(21)19(4)17-18-20;1-5-11-7-6-8-13(19-14(20)18(3)16-17-19)12(11)9-22-15-10(2)21-4;1-5-11-7-6-8-13(19-14(20)18(3)16-17-19)12(11)9-21-15-10(2)22-4;1-5-11-7-6-8-13(12(11)9-21-15-10(2)3)19-14(20)18(4)16-17-19/h5-7,13H,4,8-10H2,1-3H3;7,9-10H,5-6,8,11H2,1-4H3;7-9H,5-6,10H2,1-4H3;2*6-8H,5,9H2,1-4H3;6-8H,5,9H2,1-4H3. The molecule has 133 heavy (non-hydrogen) atoms. The van der Waals surface area contributed by atoms with Crippen LogP contribution in [0, 0.1) is 5.92 Å². The fourth-order valence-corrected chi connectivity index (χ4v) is 13.2. The molecule has 0 aliphatic heterocycles. The zero-order valence-electron chi connectivity index (χ0n) is 80.1. The first-order chi connectivity index (χ1) is 64.0. The summed E-state index contributed by atoms with van der Waals surface area (Å²) in [6, 6.07) is 34.5. The molecule has 0 bridgehead atoms. The summed E-state index contributed by atoms with van der Waals surface area (Å²) < 4.78 is 19.8. The molecular weight excluding hydrogens is 1730 g/mol. The number of ether oxygens (including phenoxy) is 1. The van der Waals surface area contributed by atoms with Crippen LogP contribution in [0.3, 0.4) is 0 Å². The Morgan fingerprint density at radius 1 is 0.331 bits per heavy atom. The highest BCUT2D eigenvalue weighted by Crippen LogP contribution is 2.31. The van der Waals surface area contributed by atoms with Gasteiger partial charge in [0.15, 0.2) is 0 Å². The molecule has 6 aromatic carbocycles. The summed E-state index contributed by atoms with van der Waals surface area (Å²) in [5.74, 6) is 1.01. The molecule has 0 spiro atoms. The Kier molecular flexibility index (Phi) is 40.4. The first-order valence-corrected chi connectivity index (χ1v) is 44.8. The normalized spacial score (nSPS) is 12.1. The van der Waals surface area contributed by atoms with Crippen LogP contribution in [-0.4, -0.2) is 166 Å². The summed E-state index contributed by atoms with van der Waals surface area (Å²) in [5.41, 5.74) is 18.0. The van der Waals surface area contributed by atoms with E-state index in [9.17, 15) is 28.8 Å². The van der Waals surface area contributed by atoms with Crippen molar-refractivity contribution in [2.75, 3.05) is 13.4 Å². The van der Waals surface area contributed by atoms with Gasteiger partial charge in [-0.05, 0) is 244 Å². The van der Waals surface area contributed by atoms with Gasteiger partial charge in [-0.1, -0.05) is 166 Å². The van der Waals surface area contributed by atoms with E-state index in [1.807, 2.05) is 165 Å². The van der Waals surface area contributed by atoms with Crippen molar-refractivity contribution in [3.63, 3.8) is 0 Å². The van der Waals surface area contributed by atoms with Crippen molar-refractivity contribution >= 4 is 45.6 Å². The summed E-state index contributed by atoms with van der Waals surface area (Å²) in [5, 5.41) is 71.0. The number of aromatic nitrogens is 24. The molecule has 0 unspecified atom stereocenters. The van der Waals surface area contributed by atoms with Crippen molar-refractivity contribution in [3.8, 4) is 34.1 Å². The summed E-state index contributed by atoms with van der Waals surface area (Å²) >= 11 is 1.52. The molecule has 1 fully saturated rings. The van der Waals surface area contributed by atoms with E-state index in [0.717, 1.165) is 152 Å². The molecule has 0 amide bonds. The first kappa shape index (κ1) is 104. The fourth-order valence-electron chi connectivity index (χ4n) is 13.0. The second-order valence-electron chi connectivity index (χ2n) is 30.5. The SMILES string of the molecule is CCC(C)=NOCc1c(CC)cccc1-n1nnn(C)c1=O.CCCC(C)=NOCc1c(CC)cccc1-n1nnn(C)c1=O.CCc1cccc(-n2nnn(C)c2=O)c1CON=C(C)C.CCc1cccc(-n2nnn(C)c2=O)c1CON=C(C)C1CC1.CCc1cccc(-n2nnn(C)c2=O)c1CON=C(C)OC.CCc1cccc(-n2nnn(C)c2=O)c1CON=C(C)SC. The number of hydrogen-bond acceptors (Lipinski definition) is 32. The minimum atomic E-state index is -0.314. The first-order valence-electron chi connectivity index (χ1n) is 43.6. The summed E-state index contributed by atoms with van der Waals surface area (Å²) in [6.07, 6.45) is 12.1. The number of thioether (sulfide) groups is 1. The lowest BCUT2D eigenvalue weighted by atomic mass is 10.0. The van der Waals surface area contributed by atoms with E-state index in [1.165, 1.54) is 87.9 Å². The van der Waals surface area contributed by atoms with Crippen LogP contribution < -0.4 is 34.1 Å². The molecule has 13 rings (SSSR count). The molecule has 0 N–H and O–H groups in total. The van der Waals surface area contributed by atoms with Crippen LogP contribution in [0.15, 0.2) is 169 Å². The predicted octanol–water partition coefficient (Wildman–Crippen LogP) is 10.1. The summed E-state index contributed by atoms with van der Waals surface area (Å²) in [7, 11) is 10.9. The van der Waals surface area contributed by atoms with Gasteiger partial charge in [-0.15, -0.1) is 11.8 Å². The van der Waals surface area contributed by atoms with Gasteiger partial charge in [-0.3, -0.25) is 0 Å². The second kappa shape index (κ2) is 51.8. The number of benzene rings is 6. The number of methoxy groups -OCH3 is 1. The van der Waals surface area contributed by atoms with Gasteiger partial charge in [0.1, 0.15) is 44.7 Å². The Hall–Kier alpha value is -14.5. The molecule has 43 nitrogen and oxygen atoms in total. The molecule has 0 saturated heterocycles. The van der Waals surface area contributed by atoms with E-state index in [-0.39, 0.29) is 54.0 Å². The Labute approximate surface area is 773 Å². The number of rotatable bonds is 34. The van der Waals surface area contributed by atoms with E-state index in [1.54, 1.807) is 55.3 Å². The van der Waals surface area contributed by atoms with Gasteiger partial charge in [-0.25, -0.2) is 28.8 Å². The summed E-state index contributed by atoms with van der Waals surface area (Å²) in [6.45, 7) is 31.3. The highest BCUT2D eigenvalue weighted by Gasteiger charge is 2.26. The van der Waals surface area contributed by atoms with Gasteiger partial charge in [0.05, 0.1) is 64.1 Å². The van der Waals surface area contributed by atoms with Gasteiger partial charge in [-0.2, -0.15) is 56.2 Å². The van der Waals surface area contributed by atoms with E-state index >= 15 is 0 Å². The second-order valence-corrected chi connectivity index (χ2v) is 31.5. The average Bonchev–Trinajstić information content (AvgIpc) is 1.68. The molecule has 6 aromatic heterocycles. The van der Waals surface area contributed by atoms with Gasteiger partial charge in [0.2, 0.25) is 5.90 Å². The number of tetrazole rings is 6. The van der Waals surface area contributed by atoms with Crippen molar-refractivity contribution in [2.45, 2.75) is 214 Å². The maximum atomic E-state index is 12.1. The number of nitrogens with zero attached hydrogens (tertiary/aromatic N) is 30. The van der Waals surface area contributed by atoms with Crippen molar-refractivity contribution in [3.05, 3.63) is 239 Å². The number of oxime groups is 6. The molecule has 712 valence electrons. The van der Waals surface area contributed by atoms with Crippen LogP contribution in [0.25, 0.3) is 34.1 Å². The minimum absolute atomic E-state index is 0.211. The van der Waals surface area contributed by atoms with Crippen molar-refractivity contribution in [1.82, 2.24) is 119 Å². The maximum absolute atomic E-state index is 12.1. The molecule has 0 atom stereocenters. The van der Waals surface area contributed by atoms with Crippen LogP contribution in [0.2, 0.25) is 0 Å². The predicted molar refractivity (Wildman–Crippen MR) is 507 cm³/mol. The van der Waals surface area contributed by atoms with Gasteiger partial charge >= 0.3 is 34.1 Å². The summed E-state index contributed by atoms with van der Waals surface area (Å²) in [4.78, 5) is 105. The lowest BCUT2D eigenvalue weighted by molar-refractivity contribution is 0.121. The Bertz CT molecular complexity index is 6110. The zero-order valence-corrected chi connectivity index (χ0v) is 80.9. The van der Waals surface area contributed by atoms with Crippen LogP contribution in [0.4, 0.5) is 0 Å². The Morgan fingerprint density at radius 3 is 0.782 bits per heavy atom. The average molecular weight is 1850 g/mol. The number of aryl methyl sites for hydroxylation is 12. The van der Waals surface area contributed by atoms with Gasteiger partial charge < -0.3 is 33.8 Å². The lowest BCUT2D eigenvalue weighted by Crippen LogP contribution is -2.23. The smallest absolute Gasteiger partial charge is 0.368 e. The highest BCUT2D eigenvalue weighted by atomic mass is 32.2. The molecule has 1 aliphatic rings. The third-order valence-corrected chi connectivity index (χ3v) is 21.6. The molecule has 12 aromatic rings. The van der Waals surface area contributed by atoms with E-state index in [2.05, 4.69) is 135 Å². The molecule has 1 saturated carbocycles. The van der Waals surface area contributed by atoms with Crippen molar-refractivity contribution in [2.24, 2.45) is 79.1 Å². The van der Waals surface area contributed by atoms with Crippen LogP contribution in [0.5, 0.6) is 0 Å². The monoisotopic (exact) mass is 1850 g/mol. The molecule has 44 heteroatoms. The van der Waals surface area contributed by atoms with Crippen LogP contribution >= 0.6 is 11.8 Å². The van der Waals surface area contributed by atoms with E-state index in [0.29, 0.717) is 65.8 Å². The molecule has 0 radical (unpaired) electrons. The maximum Gasteiger partial charge on any atom is 0.368 e. The quantitative estimate of drug-likeness (QED) is 0.0205. The highest BCUT2D eigenvalue weighted by molar-refractivity contribution is 8.13. The fraction of sp³-hybridized carbons (Fsp3) is 0.461. The topological polar surface area (TPSA) is 455 Å². The van der Waals surface area contributed by atoms with Crippen LogP contribution in [-0.2, 0) is 154 Å². The number of hydrogen-bond donors (Lipinski definition) is 0.